The Labute approximate surface area is 119 Å². The van der Waals surface area contributed by atoms with Crippen molar-refractivity contribution in [3.05, 3.63) is 53.9 Å². The highest BCUT2D eigenvalue weighted by atomic mass is 32.2. The largest absolute Gasteiger partial charge is 0.505 e. The van der Waals surface area contributed by atoms with Gasteiger partial charge >= 0.3 is 0 Å². The monoisotopic (exact) mass is 290 g/mol. The Morgan fingerprint density at radius 2 is 2.05 bits per heavy atom. The van der Waals surface area contributed by atoms with Crippen molar-refractivity contribution in [1.82, 2.24) is 4.98 Å². The van der Waals surface area contributed by atoms with E-state index < -0.39 is 16.7 Å². The highest BCUT2D eigenvalue weighted by Gasteiger charge is 2.14. The van der Waals surface area contributed by atoms with Crippen LogP contribution in [0.4, 0.5) is 5.69 Å². The van der Waals surface area contributed by atoms with Gasteiger partial charge in [-0.1, -0.05) is 18.2 Å². The molecule has 0 spiro atoms. The van der Waals surface area contributed by atoms with Gasteiger partial charge in [0, 0.05) is 28.9 Å². The second-order valence-electron chi connectivity index (χ2n) is 4.20. The summed E-state index contributed by atoms with van der Waals surface area (Å²) in [6.07, 6.45) is 3.03. The van der Waals surface area contributed by atoms with Crippen molar-refractivity contribution in [2.45, 2.75) is 5.75 Å². The predicted molar refractivity (Wildman–Crippen MR) is 78.1 cm³/mol. The molecule has 1 aromatic carbocycles. The normalized spacial score (nSPS) is 11.8. The fourth-order valence-corrected chi connectivity index (χ4v) is 2.43. The summed E-state index contributed by atoms with van der Waals surface area (Å²) in [5.74, 6) is -0.330. The first-order valence-electron chi connectivity index (χ1n) is 5.91. The molecule has 0 aliphatic heterocycles. The van der Waals surface area contributed by atoms with E-state index in [2.05, 4.69) is 10.3 Å². The molecule has 6 heteroatoms. The van der Waals surface area contributed by atoms with Crippen LogP contribution in [0, 0.1) is 0 Å². The molecular formula is C14H14N2O3S. The van der Waals surface area contributed by atoms with Gasteiger partial charge in [-0.05, 0) is 23.8 Å². The third kappa shape index (κ3) is 3.42. The minimum atomic E-state index is -1.01. The number of carbonyl (C=O) groups is 1. The average molecular weight is 290 g/mol. The zero-order valence-electron chi connectivity index (χ0n) is 10.9. The van der Waals surface area contributed by atoms with Gasteiger partial charge in [0.05, 0.1) is 5.75 Å². The molecule has 5 nitrogen and oxygen atoms in total. The molecule has 0 saturated heterocycles. The molecule has 0 aliphatic carbocycles. The minimum Gasteiger partial charge on any atom is -0.505 e. The maximum absolute atomic E-state index is 12.1. The number of rotatable bonds is 4. The van der Waals surface area contributed by atoms with Crippen LogP contribution in [-0.4, -0.2) is 26.5 Å². The molecule has 2 rings (SSSR count). The number of pyridine rings is 1. The number of hydrogen-bond acceptors (Lipinski definition) is 4. The van der Waals surface area contributed by atoms with Crippen LogP contribution in [0.5, 0.6) is 5.75 Å². The van der Waals surface area contributed by atoms with Crippen LogP contribution in [0.15, 0.2) is 42.6 Å². The van der Waals surface area contributed by atoms with Crippen LogP contribution in [0.3, 0.4) is 0 Å². The van der Waals surface area contributed by atoms with Crippen LogP contribution in [0.2, 0.25) is 0 Å². The molecule has 0 saturated carbocycles. The Morgan fingerprint density at radius 1 is 1.30 bits per heavy atom. The Bertz CT molecular complexity index is 658. The number of nitrogens with zero attached hydrogens (tertiary/aromatic N) is 1. The number of nitrogens with one attached hydrogen (secondary N) is 1. The molecule has 0 aliphatic rings. The molecule has 1 amide bonds. The summed E-state index contributed by atoms with van der Waals surface area (Å²) in [7, 11) is -1.01. The third-order valence-corrected chi connectivity index (χ3v) is 3.34. The Morgan fingerprint density at radius 3 is 2.75 bits per heavy atom. The van der Waals surface area contributed by atoms with E-state index in [9.17, 15) is 14.1 Å². The van der Waals surface area contributed by atoms with Crippen LogP contribution < -0.4 is 5.32 Å². The molecule has 0 bridgehead atoms. The van der Waals surface area contributed by atoms with Crippen LogP contribution >= 0.6 is 0 Å². The van der Waals surface area contributed by atoms with E-state index in [4.69, 9.17) is 0 Å². The molecule has 0 fully saturated rings. The quantitative estimate of drug-likeness (QED) is 0.901. The maximum atomic E-state index is 12.1. The Balaban J connectivity index is 2.24. The number of benzene rings is 1. The van der Waals surface area contributed by atoms with E-state index in [0.717, 1.165) is 5.56 Å². The Kier molecular flexibility index (Phi) is 4.47. The number of para-hydroxylation sites is 1. The number of anilines is 1. The first-order chi connectivity index (χ1) is 9.58. The lowest BCUT2D eigenvalue weighted by Gasteiger charge is -2.10. The zero-order valence-corrected chi connectivity index (χ0v) is 11.7. The van der Waals surface area contributed by atoms with Crippen molar-refractivity contribution < 1.29 is 14.1 Å². The van der Waals surface area contributed by atoms with Crippen molar-refractivity contribution >= 4 is 22.4 Å². The minimum absolute atomic E-state index is 0.0417. The molecule has 0 radical (unpaired) electrons. The molecule has 1 atom stereocenters. The number of hydrogen-bond donors (Lipinski definition) is 2. The summed E-state index contributed by atoms with van der Waals surface area (Å²) in [5, 5.41) is 12.3. The molecule has 20 heavy (non-hydrogen) atoms. The lowest BCUT2D eigenvalue weighted by Crippen LogP contribution is -2.15. The van der Waals surface area contributed by atoms with Crippen molar-refractivity contribution in [3.63, 3.8) is 0 Å². The number of amides is 1. The van der Waals surface area contributed by atoms with Gasteiger partial charge in [0.1, 0.15) is 5.75 Å². The SMILES string of the molecule is CS(=O)Cc1ccccc1NC(=O)c1ncccc1O. The van der Waals surface area contributed by atoms with E-state index in [1.54, 1.807) is 30.5 Å². The fraction of sp³-hybridized carbons (Fsp3) is 0.143. The molecular weight excluding hydrogens is 276 g/mol. The molecule has 1 heterocycles. The van der Waals surface area contributed by atoms with Crippen LogP contribution in [0.1, 0.15) is 16.1 Å². The second-order valence-corrected chi connectivity index (χ2v) is 5.63. The van der Waals surface area contributed by atoms with Crippen molar-refractivity contribution in [2.75, 3.05) is 11.6 Å². The topological polar surface area (TPSA) is 79.3 Å². The summed E-state index contributed by atoms with van der Waals surface area (Å²) < 4.78 is 11.3. The lowest BCUT2D eigenvalue weighted by molar-refractivity contribution is 0.101. The standard InChI is InChI=1S/C14H14N2O3S/c1-20(19)9-10-5-2-3-6-11(10)16-14(18)13-12(17)7-4-8-15-13/h2-8,17H,9H2,1H3,(H,16,18). The van der Waals surface area contributed by atoms with Gasteiger partial charge in [-0.25, -0.2) is 4.98 Å². The first kappa shape index (κ1) is 14.2. The number of carbonyl (C=O) groups excluding carboxylic acids is 1. The van der Waals surface area contributed by atoms with Crippen molar-refractivity contribution in [3.8, 4) is 5.75 Å². The maximum Gasteiger partial charge on any atom is 0.278 e. The summed E-state index contributed by atoms with van der Waals surface area (Å²) in [4.78, 5) is 15.9. The van der Waals surface area contributed by atoms with Gasteiger partial charge in [0.2, 0.25) is 0 Å². The highest BCUT2D eigenvalue weighted by molar-refractivity contribution is 7.83. The van der Waals surface area contributed by atoms with E-state index in [-0.39, 0.29) is 11.4 Å². The van der Waals surface area contributed by atoms with E-state index in [0.29, 0.717) is 11.4 Å². The van der Waals surface area contributed by atoms with Crippen LogP contribution in [0.25, 0.3) is 0 Å². The highest BCUT2D eigenvalue weighted by Crippen LogP contribution is 2.19. The van der Waals surface area contributed by atoms with E-state index in [1.165, 1.54) is 12.3 Å². The summed E-state index contributed by atoms with van der Waals surface area (Å²) in [6.45, 7) is 0. The van der Waals surface area contributed by atoms with Gasteiger partial charge in [-0.15, -0.1) is 0 Å². The van der Waals surface area contributed by atoms with Gasteiger partial charge in [-0.3, -0.25) is 9.00 Å². The predicted octanol–water partition coefficient (Wildman–Crippen LogP) is 1.92. The zero-order chi connectivity index (χ0) is 14.5. The summed E-state index contributed by atoms with van der Waals surface area (Å²) in [5.41, 5.74) is 1.30. The molecule has 2 N–H and O–H groups in total. The van der Waals surface area contributed by atoms with Gasteiger partial charge < -0.3 is 10.4 Å². The summed E-state index contributed by atoms with van der Waals surface area (Å²) >= 11 is 0. The number of aromatic nitrogens is 1. The Hall–Kier alpha value is -2.21. The van der Waals surface area contributed by atoms with Gasteiger partial charge in [0.15, 0.2) is 5.69 Å². The molecule has 1 unspecified atom stereocenters. The second kappa shape index (κ2) is 6.29. The fourth-order valence-electron chi connectivity index (χ4n) is 1.74. The smallest absolute Gasteiger partial charge is 0.278 e. The molecule has 2 aromatic rings. The summed E-state index contributed by atoms with van der Waals surface area (Å²) in [6, 6.07) is 10.1. The third-order valence-electron chi connectivity index (χ3n) is 2.63. The molecule has 104 valence electrons. The van der Waals surface area contributed by atoms with Gasteiger partial charge in [0.25, 0.3) is 5.91 Å². The lowest BCUT2D eigenvalue weighted by atomic mass is 10.2. The van der Waals surface area contributed by atoms with Gasteiger partial charge in [-0.2, -0.15) is 0 Å². The van der Waals surface area contributed by atoms with Crippen molar-refractivity contribution in [1.29, 1.82) is 0 Å². The van der Waals surface area contributed by atoms with Crippen LogP contribution in [-0.2, 0) is 16.6 Å². The first-order valence-corrected chi connectivity index (χ1v) is 7.64. The average Bonchev–Trinajstić information content (AvgIpc) is 2.41. The molecule has 1 aromatic heterocycles. The van der Waals surface area contributed by atoms with Crippen molar-refractivity contribution in [2.24, 2.45) is 0 Å². The van der Waals surface area contributed by atoms with E-state index >= 15 is 0 Å². The van der Waals surface area contributed by atoms with E-state index in [1.807, 2.05) is 6.07 Å². The number of aromatic hydroxyl groups is 1.